The standard InChI is InChI=1S/C22H29FN4O3S/c1-3-14-10-11-30-13(2)19(12-25-14)31(24,29)27-22(28)26-21-17-8-4-6-15(17)20(23)16-7-5-9-18(16)21/h12,14H,3-11H2,1-2H3,(H3,24,26,27,28,29)/b19-13-,25-12?. The fourth-order valence-electron chi connectivity index (χ4n) is 4.69. The number of anilines is 1. The molecule has 0 saturated heterocycles. The van der Waals surface area contributed by atoms with Crippen LogP contribution in [-0.2, 0) is 40.3 Å². The fraction of sp³-hybridized carbons (Fsp3) is 0.545. The lowest BCUT2D eigenvalue weighted by molar-refractivity contribution is 0.200. The second kappa shape index (κ2) is 8.70. The molecule has 1 aromatic rings. The molecule has 7 nitrogen and oxygen atoms in total. The molecular weight excluding hydrogens is 419 g/mol. The van der Waals surface area contributed by atoms with Crippen LogP contribution in [0.5, 0.6) is 0 Å². The second-order valence-electron chi connectivity index (χ2n) is 8.30. The summed E-state index contributed by atoms with van der Waals surface area (Å²) in [7, 11) is -3.57. The van der Waals surface area contributed by atoms with Gasteiger partial charge in [0.05, 0.1) is 12.6 Å². The SMILES string of the molecule is CCC1CCO/C(C)=C(\S(N)(=O)=NC(=O)Nc2c3c(c(F)c4c2CCC4)CCC3)C=N1. The quantitative estimate of drug-likeness (QED) is 0.724. The topological polar surface area (TPSA) is 106 Å². The van der Waals surface area contributed by atoms with Crippen molar-refractivity contribution in [3.8, 4) is 0 Å². The van der Waals surface area contributed by atoms with Gasteiger partial charge in [-0.3, -0.25) is 4.99 Å². The Morgan fingerprint density at radius 3 is 2.48 bits per heavy atom. The summed E-state index contributed by atoms with van der Waals surface area (Å²) in [4.78, 5) is 17.4. The number of ether oxygens (including phenoxy) is 1. The number of nitrogens with one attached hydrogen (secondary N) is 1. The molecule has 0 fully saturated rings. The number of amides is 2. The first-order chi connectivity index (χ1) is 14.8. The highest BCUT2D eigenvalue weighted by atomic mass is 32.2. The lowest BCUT2D eigenvalue weighted by atomic mass is 9.98. The number of nitrogens with two attached hydrogens (primary N) is 1. The number of allylic oxidation sites excluding steroid dienone is 2. The summed E-state index contributed by atoms with van der Waals surface area (Å²) >= 11 is 0. The molecule has 1 aliphatic heterocycles. The molecule has 4 rings (SSSR count). The average Bonchev–Trinajstić information content (AvgIpc) is 3.37. The number of benzene rings is 1. The Morgan fingerprint density at radius 2 is 1.87 bits per heavy atom. The molecule has 2 atom stereocenters. The van der Waals surface area contributed by atoms with Gasteiger partial charge in [-0.25, -0.2) is 18.5 Å². The summed E-state index contributed by atoms with van der Waals surface area (Å²) in [5, 5.41) is 8.79. The molecule has 2 unspecified atom stereocenters. The van der Waals surface area contributed by atoms with Gasteiger partial charge < -0.3 is 10.1 Å². The third-order valence-electron chi connectivity index (χ3n) is 6.33. The molecule has 1 aromatic carbocycles. The third kappa shape index (κ3) is 4.25. The molecule has 0 bridgehead atoms. The maximum absolute atomic E-state index is 14.8. The smallest absolute Gasteiger partial charge is 0.354 e. The van der Waals surface area contributed by atoms with E-state index < -0.39 is 15.9 Å². The van der Waals surface area contributed by atoms with E-state index >= 15 is 0 Å². The van der Waals surface area contributed by atoms with Gasteiger partial charge in [0.15, 0.2) is 0 Å². The van der Waals surface area contributed by atoms with Gasteiger partial charge in [0, 0.05) is 18.3 Å². The first-order valence-electron chi connectivity index (χ1n) is 10.9. The van der Waals surface area contributed by atoms with Gasteiger partial charge in [0.1, 0.15) is 26.4 Å². The monoisotopic (exact) mass is 448 g/mol. The Hall–Kier alpha value is -2.26. The molecule has 168 valence electrons. The van der Waals surface area contributed by atoms with E-state index in [1.165, 1.54) is 6.21 Å². The average molecular weight is 449 g/mol. The van der Waals surface area contributed by atoms with Crippen LogP contribution >= 0.6 is 0 Å². The molecular formula is C22H29FN4O3S. The zero-order valence-corrected chi connectivity index (χ0v) is 18.8. The molecule has 2 aliphatic carbocycles. The number of halogens is 1. The minimum absolute atomic E-state index is 0.0384. The minimum atomic E-state index is -3.57. The Kier molecular flexibility index (Phi) is 6.16. The zero-order chi connectivity index (χ0) is 22.2. The summed E-state index contributed by atoms with van der Waals surface area (Å²) in [5.41, 5.74) is 3.68. The molecule has 0 spiro atoms. The van der Waals surface area contributed by atoms with Gasteiger partial charge in [-0.2, -0.15) is 0 Å². The Morgan fingerprint density at radius 1 is 1.26 bits per heavy atom. The van der Waals surface area contributed by atoms with Gasteiger partial charge in [-0.15, -0.1) is 4.36 Å². The summed E-state index contributed by atoms with van der Waals surface area (Å²) in [6.45, 7) is 4.09. The summed E-state index contributed by atoms with van der Waals surface area (Å²) in [5.74, 6) is 0.234. The van der Waals surface area contributed by atoms with E-state index in [9.17, 15) is 13.4 Å². The van der Waals surface area contributed by atoms with E-state index in [0.717, 1.165) is 36.8 Å². The van der Waals surface area contributed by atoms with Crippen molar-refractivity contribution in [1.82, 2.24) is 0 Å². The van der Waals surface area contributed by atoms with Gasteiger partial charge >= 0.3 is 6.03 Å². The second-order valence-corrected chi connectivity index (χ2v) is 10.1. The Labute approximate surface area is 182 Å². The van der Waals surface area contributed by atoms with E-state index in [0.29, 0.717) is 54.9 Å². The van der Waals surface area contributed by atoms with Crippen LogP contribution in [0.25, 0.3) is 0 Å². The van der Waals surface area contributed by atoms with Crippen molar-refractivity contribution in [2.75, 3.05) is 11.9 Å². The summed E-state index contributed by atoms with van der Waals surface area (Å²) in [6, 6.07) is -0.762. The predicted octanol–water partition coefficient (Wildman–Crippen LogP) is 4.18. The highest BCUT2D eigenvalue weighted by Gasteiger charge is 2.30. The van der Waals surface area contributed by atoms with E-state index in [1.807, 2.05) is 6.92 Å². The van der Waals surface area contributed by atoms with Crippen LogP contribution in [0.1, 0.15) is 61.8 Å². The highest BCUT2D eigenvalue weighted by molar-refractivity contribution is 7.96. The van der Waals surface area contributed by atoms with Crippen LogP contribution in [-0.4, -0.2) is 29.1 Å². The molecule has 0 saturated carbocycles. The summed E-state index contributed by atoms with van der Waals surface area (Å²) in [6.07, 6.45) is 7.43. The minimum Gasteiger partial charge on any atom is -0.497 e. The van der Waals surface area contributed by atoms with Crippen molar-refractivity contribution in [3.05, 3.63) is 38.7 Å². The third-order valence-corrected chi connectivity index (χ3v) is 7.79. The lowest BCUT2D eigenvalue weighted by Gasteiger charge is -2.18. The number of aliphatic imine (C=N–C) groups is 1. The van der Waals surface area contributed by atoms with Crippen LogP contribution in [0.2, 0.25) is 0 Å². The molecule has 1 heterocycles. The predicted molar refractivity (Wildman–Crippen MR) is 120 cm³/mol. The van der Waals surface area contributed by atoms with Crippen LogP contribution in [0.4, 0.5) is 14.9 Å². The van der Waals surface area contributed by atoms with E-state index in [1.54, 1.807) is 6.92 Å². The number of fused-ring (bicyclic) bond motifs is 2. The number of carbonyl (C=O) groups excluding carboxylic acids is 1. The molecule has 9 heteroatoms. The molecule has 31 heavy (non-hydrogen) atoms. The van der Waals surface area contributed by atoms with Gasteiger partial charge in [0.2, 0.25) is 0 Å². The maximum atomic E-state index is 14.8. The van der Waals surface area contributed by atoms with Crippen molar-refractivity contribution in [1.29, 1.82) is 0 Å². The van der Waals surface area contributed by atoms with Crippen molar-refractivity contribution >= 4 is 27.8 Å². The fourth-order valence-corrected chi connectivity index (χ4v) is 5.76. The highest BCUT2D eigenvalue weighted by Crippen LogP contribution is 2.41. The van der Waals surface area contributed by atoms with Crippen molar-refractivity contribution in [2.45, 2.75) is 71.3 Å². The number of hydrogen-bond acceptors (Lipinski definition) is 4. The Bertz CT molecular complexity index is 1070. The number of carbonyl (C=O) groups is 1. The maximum Gasteiger partial charge on any atom is 0.354 e. The van der Waals surface area contributed by atoms with E-state index in [2.05, 4.69) is 14.7 Å². The van der Waals surface area contributed by atoms with Crippen LogP contribution in [0.3, 0.4) is 0 Å². The van der Waals surface area contributed by atoms with Crippen LogP contribution < -0.4 is 10.5 Å². The summed E-state index contributed by atoms with van der Waals surface area (Å²) < 4.78 is 37.5. The first kappa shape index (κ1) is 22.0. The first-order valence-corrected chi connectivity index (χ1v) is 12.5. The molecule has 0 aromatic heterocycles. The molecule has 3 aliphatic rings. The van der Waals surface area contributed by atoms with Crippen molar-refractivity contribution < 1.29 is 18.1 Å². The van der Waals surface area contributed by atoms with Crippen LogP contribution in [0, 0.1) is 5.82 Å². The van der Waals surface area contributed by atoms with Gasteiger partial charge in [0.25, 0.3) is 0 Å². The van der Waals surface area contributed by atoms with Crippen molar-refractivity contribution in [2.24, 2.45) is 14.5 Å². The van der Waals surface area contributed by atoms with E-state index in [-0.39, 0.29) is 16.8 Å². The van der Waals surface area contributed by atoms with Gasteiger partial charge in [-0.1, -0.05) is 6.92 Å². The number of rotatable bonds is 3. The van der Waals surface area contributed by atoms with Crippen molar-refractivity contribution in [3.63, 3.8) is 0 Å². The normalized spacial score (nSPS) is 24.5. The van der Waals surface area contributed by atoms with Crippen LogP contribution in [0.15, 0.2) is 20.0 Å². The largest absolute Gasteiger partial charge is 0.497 e. The number of nitrogens with zero attached hydrogens (tertiary/aromatic N) is 2. The zero-order valence-electron chi connectivity index (χ0n) is 18.0. The lowest BCUT2D eigenvalue weighted by Crippen LogP contribution is -2.24. The number of hydrogen-bond donors (Lipinski definition) is 2. The number of urea groups is 1. The Balaban J connectivity index is 1.67. The molecule has 2 amide bonds. The van der Waals surface area contributed by atoms with Gasteiger partial charge in [-0.05, 0) is 74.1 Å². The van der Waals surface area contributed by atoms with E-state index in [4.69, 9.17) is 9.88 Å². The molecule has 0 radical (unpaired) electrons. The molecule has 3 N–H and O–H groups in total.